The van der Waals surface area contributed by atoms with Crippen LogP contribution in [0.3, 0.4) is 0 Å². The molecular weight excluding hydrogens is 204 g/mol. The van der Waals surface area contributed by atoms with Gasteiger partial charge in [0, 0.05) is 11.0 Å². The van der Waals surface area contributed by atoms with Crippen LogP contribution in [0.15, 0.2) is 30.3 Å². The number of hydrogen-bond donors (Lipinski definition) is 0. The zero-order valence-electron chi connectivity index (χ0n) is 11.2. The molecule has 0 nitrogen and oxygen atoms in total. The van der Waals surface area contributed by atoms with Crippen LogP contribution in [0.4, 0.5) is 0 Å². The Hall–Kier alpha value is -1.22. The van der Waals surface area contributed by atoms with E-state index >= 15 is 0 Å². The first-order chi connectivity index (χ1) is 8.10. The van der Waals surface area contributed by atoms with E-state index in [4.69, 9.17) is 0 Å². The van der Waals surface area contributed by atoms with Gasteiger partial charge in [0.2, 0.25) is 0 Å². The number of benzene rings is 1. The molecule has 17 heavy (non-hydrogen) atoms. The van der Waals surface area contributed by atoms with Crippen molar-refractivity contribution in [2.75, 3.05) is 0 Å². The third kappa shape index (κ3) is 2.55. The zero-order valence-corrected chi connectivity index (χ0v) is 11.2. The van der Waals surface area contributed by atoms with E-state index < -0.39 is 0 Å². The number of unbranched alkanes of at least 4 members (excludes halogenated alkanes) is 1. The van der Waals surface area contributed by atoms with Crippen LogP contribution >= 0.6 is 0 Å². The van der Waals surface area contributed by atoms with Gasteiger partial charge in [-0.2, -0.15) is 0 Å². The predicted octanol–water partition coefficient (Wildman–Crippen LogP) is 4.64. The average molecular weight is 226 g/mol. The maximum atomic E-state index is 3.56. The molecule has 1 aliphatic rings. The first-order valence-corrected chi connectivity index (χ1v) is 6.68. The van der Waals surface area contributed by atoms with Gasteiger partial charge in [0.15, 0.2) is 0 Å². The predicted molar refractivity (Wildman–Crippen MR) is 73.7 cm³/mol. The Morgan fingerprint density at radius 2 is 1.82 bits per heavy atom. The Kier molecular flexibility index (Phi) is 3.29. The molecule has 1 aliphatic carbocycles. The minimum atomic E-state index is 0.291. The van der Waals surface area contributed by atoms with E-state index in [1.807, 2.05) is 6.07 Å². The molecule has 0 spiro atoms. The molecule has 0 heterocycles. The molecule has 1 saturated carbocycles. The molecule has 90 valence electrons. The van der Waals surface area contributed by atoms with Gasteiger partial charge in [-0.3, -0.25) is 0 Å². The summed E-state index contributed by atoms with van der Waals surface area (Å²) >= 11 is 0. The molecular formula is C17H22. The minimum Gasteiger partial charge on any atom is -0.0905 e. The van der Waals surface area contributed by atoms with Crippen molar-refractivity contribution in [3.05, 3.63) is 35.9 Å². The van der Waals surface area contributed by atoms with E-state index in [1.54, 1.807) is 0 Å². The first kappa shape index (κ1) is 12.2. The summed E-state index contributed by atoms with van der Waals surface area (Å²) in [4.78, 5) is 0. The summed E-state index contributed by atoms with van der Waals surface area (Å²) in [6, 6.07) is 10.3. The van der Waals surface area contributed by atoms with Gasteiger partial charge in [-0.1, -0.05) is 63.7 Å². The van der Waals surface area contributed by atoms with Gasteiger partial charge >= 0.3 is 0 Å². The molecule has 0 amide bonds. The van der Waals surface area contributed by atoms with Crippen LogP contribution in [0.2, 0.25) is 0 Å². The second-order valence-corrected chi connectivity index (χ2v) is 5.86. The minimum absolute atomic E-state index is 0.291. The molecule has 0 N–H and O–H groups in total. The molecule has 1 fully saturated rings. The monoisotopic (exact) mass is 226 g/mol. The van der Waals surface area contributed by atoms with Crippen molar-refractivity contribution in [3.8, 4) is 11.8 Å². The van der Waals surface area contributed by atoms with Crippen LogP contribution in [0, 0.1) is 22.7 Å². The van der Waals surface area contributed by atoms with E-state index in [0.717, 1.165) is 5.56 Å². The summed E-state index contributed by atoms with van der Waals surface area (Å²) in [6.07, 6.45) is 5.09. The smallest absolute Gasteiger partial charge is 0.0375 e. The van der Waals surface area contributed by atoms with Crippen LogP contribution < -0.4 is 0 Å². The fourth-order valence-electron chi connectivity index (χ4n) is 2.60. The Morgan fingerprint density at radius 1 is 1.18 bits per heavy atom. The summed E-state index contributed by atoms with van der Waals surface area (Å²) in [5.74, 6) is 6.92. The van der Waals surface area contributed by atoms with Crippen LogP contribution in [-0.4, -0.2) is 0 Å². The van der Waals surface area contributed by atoms with E-state index in [1.165, 1.54) is 25.7 Å². The van der Waals surface area contributed by atoms with Crippen LogP contribution in [-0.2, 0) is 0 Å². The lowest BCUT2D eigenvalue weighted by Crippen LogP contribution is -2.06. The lowest BCUT2D eigenvalue weighted by atomic mass is 9.90. The van der Waals surface area contributed by atoms with Gasteiger partial charge in [0.1, 0.15) is 0 Å². The normalized spacial score (nSPS) is 24.9. The van der Waals surface area contributed by atoms with Gasteiger partial charge in [-0.05, 0) is 30.4 Å². The summed E-state index contributed by atoms with van der Waals surface area (Å²) in [7, 11) is 0. The number of rotatable bonds is 3. The lowest BCUT2D eigenvalue weighted by molar-refractivity contribution is 0.436. The molecule has 0 heteroatoms. The third-order valence-corrected chi connectivity index (χ3v) is 4.09. The van der Waals surface area contributed by atoms with Gasteiger partial charge in [-0.25, -0.2) is 0 Å². The van der Waals surface area contributed by atoms with Crippen molar-refractivity contribution in [3.63, 3.8) is 0 Å². The van der Waals surface area contributed by atoms with Crippen molar-refractivity contribution >= 4 is 0 Å². The second kappa shape index (κ2) is 4.57. The Labute approximate surface area is 105 Å². The highest BCUT2D eigenvalue weighted by Gasteiger charge is 2.59. The fourth-order valence-corrected chi connectivity index (χ4v) is 2.60. The molecule has 0 bridgehead atoms. The molecule has 1 aromatic carbocycles. The molecule has 0 radical (unpaired) electrons. The van der Waals surface area contributed by atoms with Gasteiger partial charge in [-0.15, -0.1) is 0 Å². The first-order valence-electron chi connectivity index (χ1n) is 6.68. The van der Waals surface area contributed by atoms with E-state index in [0.29, 0.717) is 10.8 Å². The molecule has 0 aliphatic heterocycles. The topological polar surface area (TPSA) is 0 Å². The highest BCUT2D eigenvalue weighted by atomic mass is 14.6. The molecule has 1 atom stereocenters. The maximum Gasteiger partial charge on any atom is 0.0375 e. The van der Waals surface area contributed by atoms with Crippen molar-refractivity contribution in [2.24, 2.45) is 10.8 Å². The summed E-state index contributed by atoms with van der Waals surface area (Å²) < 4.78 is 0. The summed E-state index contributed by atoms with van der Waals surface area (Å²) in [5.41, 5.74) is 1.86. The molecule has 1 unspecified atom stereocenters. The Balaban J connectivity index is 2.13. The lowest BCUT2D eigenvalue weighted by Gasteiger charge is -2.13. The Morgan fingerprint density at radius 3 is 2.35 bits per heavy atom. The van der Waals surface area contributed by atoms with Crippen LogP contribution in [0.1, 0.15) is 52.0 Å². The van der Waals surface area contributed by atoms with Crippen molar-refractivity contribution in [1.29, 1.82) is 0 Å². The van der Waals surface area contributed by atoms with E-state index in [2.05, 4.69) is 56.9 Å². The van der Waals surface area contributed by atoms with E-state index in [9.17, 15) is 0 Å². The second-order valence-electron chi connectivity index (χ2n) is 5.86. The van der Waals surface area contributed by atoms with Gasteiger partial charge in [0.05, 0.1) is 0 Å². The largest absolute Gasteiger partial charge is 0.0905 e. The Bertz CT molecular complexity index is 430. The highest BCUT2D eigenvalue weighted by molar-refractivity contribution is 5.38. The van der Waals surface area contributed by atoms with Crippen LogP contribution in [0.5, 0.6) is 0 Å². The molecule has 0 saturated heterocycles. The van der Waals surface area contributed by atoms with Crippen LogP contribution in [0.25, 0.3) is 0 Å². The maximum absolute atomic E-state index is 3.56. The van der Waals surface area contributed by atoms with E-state index in [-0.39, 0.29) is 0 Å². The van der Waals surface area contributed by atoms with Crippen molar-refractivity contribution < 1.29 is 0 Å². The zero-order chi connectivity index (χ0) is 12.4. The quantitative estimate of drug-likeness (QED) is 0.658. The molecule has 1 aromatic rings. The molecule has 0 aromatic heterocycles. The average Bonchev–Trinajstić information content (AvgIpc) is 2.88. The summed E-state index contributed by atoms with van der Waals surface area (Å²) in [5, 5.41) is 0. The van der Waals surface area contributed by atoms with Crippen molar-refractivity contribution in [2.45, 2.75) is 46.5 Å². The van der Waals surface area contributed by atoms with Gasteiger partial charge in [0.25, 0.3) is 0 Å². The fraction of sp³-hybridized carbons (Fsp3) is 0.529. The number of hydrogen-bond acceptors (Lipinski definition) is 0. The highest BCUT2D eigenvalue weighted by Crippen LogP contribution is 2.65. The summed E-state index contributed by atoms with van der Waals surface area (Å²) in [6.45, 7) is 6.96. The SMILES string of the molecule is CCCCC1(C#Cc2ccccc2)CC1(C)C. The third-order valence-electron chi connectivity index (χ3n) is 4.09. The van der Waals surface area contributed by atoms with Gasteiger partial charge < -0.3 is 0 Å². The molecule has 2 rings (SSSR count). The van der Waals surface area contributed by atoms with Crippen molar-refractivity contribution in [1.82, 2.24) is 0 Å². The standard InChI is InChI=1S/C17H22/c1-4-5-12-17(14-16(17,2)3)13-11-15-9-7-6-8-10-15/h6-10H,4-5,12,14H2,1-3H3.